The lowest BCUT2D eigenvalue weighted by molar-refractivity contribution is -0.129. The minimum Gasteiger partial charge on any atom is -0.497 e. The SMILES string of the molecule is COc1ccc(-c2csc(NC(=O)CC3C(=O)NC(=O)NC3C)n2)cc1. The first kappa shape index (κ1) is 17.9. The number of nitrogens with zero attached hydrogens (tertiary/aromatic N) is 1. The third-order valence-corrected chi connectivity index (χ3v) is 4.84. The zero-order chi connectivity index (χ0) is 18.7. The lowest BCUT2D eigenvalue weighted by Crippen LogP contribution is -2.57. The lowest BCUT2D eigenvalue weighted by Gasteiger charge is -2.28. The van der Waals surface area contributed by atoms with Crippen LogP contribution in [0.5, 0.6) is 5.75 Å². The molecule has 2 aromatic rings. The van der Waals surface area contributed by atoms with Crippen LogP contribution in [0.15, 0.2) is 29.6 Å². The van der Waals surface area contributed by atoms with Gasteiger partial charge in [0.1, 0.15) is 5.75 Å². The van der Waals surface area contributed by atoms with Crippen molar-refractivity contribution >= 4 is 34.3 Å². The van der Waals surface area contributed by atoms with Crippen LogP contribution in [0.4, 0.5) is 9.93 Å². The number of amides is 4. The number of urea groups is 1. The van der Waals surface area contributed by atoms with Gasteiger partial charge in [-0.25, -0.2) is 9.78 Å². The molecule has 3 rings (SSSR count). The van der Waals surface area contributed by atoms with Crippen LogP contribution < -0.4 is 20.7 Å². The fourth-order valence-corrected chi connectivity index (χ4v) is 3.38. The highest BCUT2D eigenvalue weighted by molar-refractivity contribution is 7.14. The van der Waals surface area contributed by atoms with Crippen molar-refractivity contribution in [2.75, 3.05) is 12.4 Å². The minimum atomic E-state index is -0.617. The van der Waals surface area contributed by atoms with Gasteiger partial charge in [-0.2, -0.15) is 0 Å². The number of nitrogens with one attached hydrogen (secondary N) is 3. The van der Waals surface area contributed by atoms with E-state index < -0.39 is 23.9 Å². The number of hydrogen-bond acceptors (Lipinski definition) is 6. The number of thiazole rings is 1. The van der Waals surface area contributed by atoms with Crippen molar-refractivity contribution < 1.29 is 19.1 Å². The molecule has 1 fully saturated rings. The summed E-state index contributed by atoms with van der Waals surface area (Å²) in [7, 11) is 1.60. The van der Waals surface area contributed by atoms with Crippen LogP contribution in [0.3, 0.4) is 0 Å². The topological polar surface area (TPSA) is 109 Å². The van der Waals surface area contributed by atoms with E-state index in [0.717, 1.165) is 17.0 Å². The second kappa shape index (κ2) is 7.52. The molecule has 136 valence electrons. The molecule has 9 heteroatoms. The van der Waals surface area contributed by atoms with Crippen molar-refractivity contribution in [3.8, 4) is 17.0 Å². The summed E-state index contributed by atoms with van der Waals surface area (Å²) in [6, 6.07) is 6.50. The maximum absolute atomic E-state index is 12.2. The number of ether oxygens (including phenoxy) is 1. The van der Waals surface area contributed by atoms with Gasteiger partial charge in [-0.05, 0) is 31.2 Å². The van der Waals surface area contributed by atoms with Crippen LogP contribution >= 0.6 is 11.3 Å². The molecule has 0 radical (unpaired) electrons. The van der Waals surface area contributed by atoms with Gasteiger partial charge in [-0.15, -0.1) is 11.3 Å². The van der Waals surface area contributed by atoms with Gasteiger partial charge >= 0.3 is 6.03 Å². The molecule has 26 heavy (non-hydrogen) atoms. The Hall–Kier alpha value is -2.94. The van der Waals surface area contributed by atoms with Crippen LogP contribution in [0, 0.1) is 5.92 Å². The van der Waals surface area contributed by atoms with Gasteiger partial charge in [0.25, 0.3) is 0 Å². The molecule has 1 saturated heterocycles. The summed E-state index contributed by atoms with van der Waals surface area (Å²) < 4.78 is 5.13. The Bertz CT molecular complexity index is 834. The van der Waals surface area contributed by atoms with Crippen LogP contribution in [-0.2, 0) is 9.59 Å². The predicted octanol–water partition coefficient (Wildman–Crippen LogP) is 1.99. The van der Waals surface area contributed by atoms with E-state index in [1.165, 1.54) is 11.3 Å². The van der Waals surface area contributed by atoms with Gasteiger partial charge in [0.05, 0.1) is 18.7 Å². The third kappa shape index (κ3) is 3.99. The van der Waals surface area contributed by atoms with Crippen molar-refractivity contribution in [3.63, 3.8) is 0 Å². The van der Waals surface area contributed by atoms with E-state index in [2.05, 4.69) is 20.9 Å². The van der Waals surface area contributed by atoms with Crippen LogP contribution in [0.1, 0.15) is 13.3 Å². The molecule has 3 N–H and O–H groups in total. The number of benzene rings is 1. The molecule has 4 amide bonds. The molecule has 2 atom stereocenters. The van der Waals surface area contributed by atoms with Gasteiger partial charge in [0.2, 0.25) is 11.8 Å². The summed E-state index contributed by atoms with van der Waals surface area (Å²) >= 11 is 1.30. The highest BCUT2D eigenvalue weighted by atomic mass is 32.1. The molecule has 1 aromatic heterocycles. The molecule has 0 aliphatic carbocycles. The van der Waals surface area contributed by atoms with Crippen molar-refractivity contribution in [2.45, 2.75) is 19.4 Å². The molecule has 1 aliphatic rings. The Morgan fingerprint density at radius 1 is 1.31 bits per heavy atom. The van der Waals surface area contributed by atoms with Gasteiger partial charge < -0.3 is 15.4 Å². The number of aromatic nitrogens is 1. The van der Waals surface area contributed by atoms with E-state index in [4.69, 9.17) is 4.74 Å². The Kier molecular flexibility index (Phi) is 5.17. The molecule has 2 unspecified atom stereocenters. The smallest absolute Gasteiger partial charge is 0.321 e. The van der Waals surface area contributed by atoms with Gasteiger partial charge in [-0.1, -0.05) is 0 Å². The van der Waals surface area contributed by atoms with Crippen molar-refractivity contribution in [1.29, 1.82) is 0 Å². The Morgan fingerprint density at radius 2 is 2.04 bits per heavy atom. The first-order valence-electron chi connectivity index (χ1n) is 7.97. The zero-order valence-corrected chi connectivity index (χ0v) is 15.1. The molecule has 0 spiro atoms. The second-order valence-corrected chi connectivity index (χ2v) is 6.73. The summed E-state index contributed by atoms with van der Waals surface area (Å²) in [6.07, 6.45) is -0.0370. The zero-order valence-electron chi connectivity index (χ0n) is 14.2. The largest absolute Gasteiger partial charge is 0.497 e. The number of hydrogen-bond donors (Lipinski definition) is 3. The minimum absolute atomic E-state index is 0.0370. The summed E-state index contributed by atoms with van der Waals surface area (Å²) in [5.41, 5.74) is 1.65. The van der Waals surface area contributed by atoms with Crippen molar-refractivity contribution in [2.24, 2.45) is 5.92 Å². The quantitative estimate of drug-likeness (QED) is 0.741. The highest BCUT2D eigenvalue weighted by Gasteiger charge is 2.34. The van der Waals surface area contributed by atoms with Gasteiger partial charge in [-0.3, -0.25) is 14.9 Å². The molecule has 8 nitrogen and oxygen atoms in total. The predicted molar refractivity (Wildman–Crippen MR) is 97.0 cm³/mol. The summed E-state index contributed by atoms with van der Waals surface area (Å²) in [4.78, 5) is 39.7. The van der Waals surface area contributed by atoms with E-state index in [1.807, 2.05) is 29.6 Å². The van der Waals surface area contributed by atoms with Gasteiger partial charge in [0.15, 0.2) is 5.13 Å². The number of carbonyl (C=O) groups excluding carboxylic acids is 3. The van der Waals surface area contributed by atoms with E-state index in [1.54, 1.807) is 14.0 Å². The van der Waals surface area contributed by atoms with E-state index >= 15 is 0 Å². The molecule has 1 aromatic carbocycles. The molecule has 2 heterocycles. The van der Waals surface area contributed by atoms with Crippen LogP contribution in [0.2, 0.25) is 0 Å². The van der Waals surface area contributed by atoms with Crippen molar-refractivity contribution in [3.05, 3.63) is 29.6 Å². The molecular formula is C17H18N4O4S. The first-order valence-corrected chi connectivity index (χ1v) is 8.85. The second-order valence-electron chi connectivity index (χ2n) is 5.88. The van der Waals surface area contributed by atoms with E-state index in [9.17, 15) is 14.4 Å². The average Bonchev–Trinajstić information content (AvgIpc) is 3.06. The Morgan fingerprint density at radius 3 is 2.69 bits per heavy atom. The molecule has 1 aliphatic heterocycles. The Labute approximate surface area is 154 Å². The molecule has 0 saturated carbocycles. The number of anilines is 1. The number of carbonyl (C=O) groups is 3. The molecule has 0 bridgehead atoms. The van der Waals surface area contributed by atoms with Gasteiger partial charge in [0, 0.05) is 23.4 Å². The van der Waals surface area contributed by atoms with Crippen LogP contribution in [-0.4, -0.2) is 36.0 Å². The summed E-state index contributed by atoms with van der Waals surface area (Å²) in [5, 5.41) is 9.76. The third-order valence-electron chi connectivity index (χ3n) is 4.08. The first-order chi connectivity index (χ1) is 12.5. The number of imide groups is 1. The number of methoxy groups -OCH3 is 1. The standard InChI is InChI=1S/C17H18N4O4S/c1-9-12(15(23)21-16(24)18-9)7-14(22)20-17-19-13(8-26-17)10-3-5-11(25-2)6-4-10/h3-6,8-9,12H,7H2,1-2H3,(H,19,20,22)(H2,18,21,23,24). The molecular weight excluding hydrogens is 356 g/mol. The van der Waals surface area contributed by atoms with Crippen LogP contribution in [0.25, 0.3) is 11.3 Å². The monoisotopic (exact) mass is 374 g/mol. The van der Waals surface area contributed by atoms with E-state index in [-0.39, 0.29) is 12.3 Å². The fraction of sp³-hybridized carbons (Fsp3) is 0.294. The number of rotatable bonds is 5. The highest BCUT2D eigenvalue weighted by Crippen LogP contribution is 2.26. The van der Waals surface area contributed by atoms with E-state index in [0.29, 0.717) is 5.13 Å². The maximum Gasteiger partial charge on any atom is 0.321 e. The fourth-order valence-electron chi connectivity index (χ4n) is 2.64. The average molecular weight is 374 g/mol. The summed E-state index contributed by atoms with van der Waals surface area (Å²) in [6.45, 7) is 1.69. The lowest BCUT2D eigenvalue weighted by atomic mass is 9.94. The normalized spacial score (nSPS) is 19.5. The maximum atomic E-state index is 12.2. The Balaban J connectivity index is 1.62. The summed E-state index contributed by atoms with van der Waals surface area (Å²) in [5.74, 6) is -0.642. The van der Waals surface area contributed by atoms with Crippen molar-refractivity contribution in [1.82, 2.24) is 15.6 Å².